The molecular formula is C30H40N6O5. The summed E-state index contributed by atoms with van der Waals surface area (Å²) in [5.41, 5.74) is 12.9. The molecule has 220 valence electrons. The topological polar surface area (TPSA) is 158 Å². The normalized spacial score (nSPS) is 12.5. The van der Waals surface area contributed by atoms with Crippen molar-refractivity contribution in [2.75, 3.05) is 11.1 Å². The second-order valence-corrected chi connectivity index (χ2v) is 11.7. The first-order chi connectivity index (χ1) is 19.1. The number of nitrogens with one attached hydrogen (secondary N) is 3. The molecule has 0 saturated carbocycles. The number of carbonyl (C=O) groups excluding carboxylic acids is 3. The van der Waals surface area contributed by atoms with Crippen LogP contribution in [-0.4, -0.2) is 45.1 Å². The molecule has 0 aliphatic rings. The fourth-order valence-corrected chi connectivity index (χ4v) is 3.86. The Morgan fingerprint density at radius 2 is 1.59 bits per heavy atom. The van der Waals surface area contributed by atoms with Crippen LogP contribution in [0.5, 0.6) is 0 Å². The summed E-state index contributed by atoms with van der Waals surface area (Å²) in [7, 11) is 0. The molecule has 0 radical (unpaired) electrons. The lowest BCUT2D eigenvalue weighted by Crippen LogP contribution is -2.50. The van der Waals surface area contributed by atoms with Gasteiger partial charge in [0, 0.05) is 29.6 Å². The summed E-state index contributed by atoms with van der Waals surface area (Å²) < 4.78 is 10.8. The Morgan fingerprint density at radius 3 is 2.22 bits per heavy atom. The van der Waals surface area contributed by atoms with Crippen molar-refractivity contribution in [3.63, 3.8) is 0 Å². The second kappa shape index (κ2) is 12.9. The molecule has 1 atom stereocenters. The average Bonchev–Trinajstić information content (AvgIpc) is 2.85. The number of anilines is 2. The molecule has 11 nitrogen and oxygen atoms in total. The number of hydrogen-bond donors (Lipinski definition) is 4. The van der Waals surface area contributed by atoms with E-state index in [1.54, 1.807) is 60.6 Å². The van der Waals surface area contributed by atoms with Gasteiger partial charge in [0.15, 0.2) is 0 Å². The summed E-state index contributed by atoms with van der Waals surface area (Å²) in [4.78, 5) is 46.3. The zero-order chi connectivity index (χ0) is 30.4. The zero-order valence-electron chi connectivity index (χ0n) is 24.8. The fraction of sp³-hybridized carbons (Fsp3) is 0.433. The highest BCUT2D eigenvalue weighted by Gasteiger charge is 2.27. The predicted octanol–water partition coefficient (Wildman–Crippen LogP) is 4.20. The molecule has 11 heteroatoms. The van der Waals surface area contributed by atoms with E-state index in [4.69, 9.17) is 15.2 Å². The SMILES string of the molecule is Cc1nc(N)c2cc(NCc3ccc(C(=O)NN[C@@H](CCC(=O)OC(C)(C)C)C(=O)OC(C)(C)C)cc3)ccc2n1. The molecule has 3 rings (SSSR count). The van der Waals surface area contributed by atoms with E-state index in [0.717, 1.165) is 22.2 Å². The molecule has 0 aliphatic heterocycles. The fourth-order valence-electron chi connectivity index (χ4n) is 3.86. The first-order valence-electron chi connectivity index (χ1n) is 13.5. The molecule has 0 spiro atoms. The van der Waals surface area contributed by atoms with Crippen molar-refractivity contribution in [3.05, 3.63) is 59.4 Å². The number of benzene rings is 2. The Kier molecular flexibility index (Phi) is 9.88. The third kappa shape index (κ3) is 10.0. The minimum atomic E-state index is -0.945. The van der Waals surface area contributed by atoms with E-state index >= 15 is 0 Å². The van der Waals surface area contributed by atoms with E-state index in [1.165, 1.54) is 0 Å². The van der Waals surface area contributed by atoms with Crippen molar-refractivity contribution in [1.82, 2.24) is 20.8 Å². The highest BCUT2D eigenvalue weighted by atomic mass is 16.6. The number of rotatable bonds is 10. The van der Waals surface area contributed by atoms with Crippen molar-refractivity contribution >= 4 is 40.3 Å². The lowest BCUT2D eigenvalue weighted by Gasteiger charge is -2.25. The molecule has 0 unspecified atom stereocenters. The Morgan fingerprint density at radius 1 is 0.927 bits per heavy atom. The number of hydrazine groups is 1. The molecule has 0 saturated heterocycles. The van der Waals surface area contributed by atoms with E-state index in [2.05, 4.69) is 26.1 Å². The number of amides is 1. The maximum Gasteiger partial charge on any atom is 0.325 e. The molecule has 1 heterocycles. The van der Waals surface area contributed by atoms with Crippen LogP contribution < -0.4 is 21.9 Å². The lowest BCUT2D eigenvalue weighted by molar-refractivity contribution is -0.159. The molecule has 3 aromatic rings. The Labute approximate surface area is 240 Å². The smallest absolute Gasteiger partial charge is 0.325 e. The maximum atomic E-state index is 12.8. The third-order valence-electron chi connectivity index (χ3n) is 5.66. The van der Waals surface area contributed by atoms with Crippen LogP contribution in [0, 0.1) is 6.92 Å². The third-order valence-corrected chi connectivity index (χ3v) is 5.66. The van der Waals surface area contributed by atoms with Gasteiger partial charge in [0.2, 0.25) is 0 Å². The number of carbonyl (C=O) groups is 3. The molecule has 5 N–H and O–H groups in total. The predicted molar refractivity (Wildman–Crippen MR) is 158 cm³/mol. The van der Waals surface area contributed by atoms with Crippen LogP contribution in [0.4, 0.5) is 11.5 Å². The summed E-state index contributed by atoms with van der Waals surface area (Å²) in [6, 6.07) is 11.8. The standard InChI is InChI=1S/C30H40N6O5/c1-18-33-23-13-12-21(16-22(23)26(31)34-18)32-17-19-8-10-20(11-9-19)27(38)36-35-24(28(39)41-30(5,6)7)14-15-25(37)40-29(2,3)4/h8-13,16,24,32,35H,14-15,17H2,1-7H3,(H,36,38)(H2,31,33,34)/t24-/m0/s1. The van der Waals surface area contributed by atoms with Gasteiger partial charge >= 0.3 is 11.9 Å². The highest BCUT2D eigenvalue weighted by molar-refractivity contribution is 5.94. The largest absolute Gasteiger partial charge is 0.460 e. The van der Waals surface area contributed by atoms with Crippen LogP contribution in [0.15, 0.2) is 42.5 Å². The summed E-state index contributed by atoms with van der Waals surface area (Å²) >= 11 is 0. The number of ether oxygens (including phenoxy) is 2. The van der Waals surface area contributed by atoms with E-state index in [9.17, 15) is 14.4 Å². The van der Waals surface area contributed by atoms with Crippen LogP contribution in [0.25, 0.3) is 10.9 Å². The van der Waals surface area contributed by atoms with Gasteiger partial charge in [0.05, 0.1) is 5.52 Å². The monoisotopic (exact) mass is 564 g/mol. The van der Waals surface area contributed by atoms with E-state index < -0.39 is 35.1 Å². The van der Waals surface area contributed by atoms with Crippen LogP contribution >= 0.6 is 0 Å². The quantitative estimate of drug-likeness (QED) is 0.208. The van der Waals surface area contributed by atoms with E-state index in [-0.39, 0.29) is 12.8 Å². The number of aryl methyl sites for hydroxylation is 1. The average molecular weight is 565 g/mol. The summed E-state index contributed by atoms with van der Waals surface area (Å²) in [5.74, 6) is -0.412. The van der Waals surface area contributed by atoms with Crippen LogP contribution in [-0.2, 0) is 25.6 Å². The first-order valence-corrected chi connectivity index (χ1v) is 13.5. The molecule has 0 fully saturated rings. The molecule has 1 aromatic heterocycles. The first kappa shape index (κ1) is 31.3. The number of nitrogens with two attached hydrogens (primary N) is 1. The molecular weight excluding hydrogens is 524 g/mol. The van der Waals surface area contributed by atoms with Gasteiger partial charge in [-0.15, -0.1) is 0 Å². The van der Waals surface area contributed by atoms with Gasteiger partial charge in [-0.25, -0.2) is 15.4 Å². The molecule has 41 heavy (non-hydrogen) atoms. The minimum Gasteiger partial charge on any atom is -0.460 e. The van der Waals surface area contributed by atoms with Crippen molar-refractivity contribution in [2.45, 2.75) is 85.1 Å². The van der Waals surface area contributed by atoms with Crippen LogP contribution in [0.3, 0.4) is 0 Å². The van der Waals surface area contributed by atoms with Gasteiger partial charge in [0.1, 0.15) is 28.9 Å². The van der Waals surface area contributed by atoms with Gasteiger partial charge in [-0.2, -0.15) is 0 Å². The Hall–Kier alpha value is -4.25. The number of hydrogen-bond acceptors (Lipinski definition) is 10. The van der Waals surface area contributed by atoms with Crippen molar-refractivity contribution in [2.24, 2.45) is 0 Å². The summed E-state index contributed by atoms with van der Waals surface area (Å²) in [6.07, 6.45) is 0.0586. The zero-order valence-corrected chi connectivity index (χ0v) is 24.8. The minimum absolute atomic E-state index is 0.0256. The van der Waals surface area contributed by atoms with Crippen LogP contribution in [0.1, 0.15) is 76.1 Å². The Bertz CT molecular complexity index is 1390. The maximum absolute atomic E-state index is 12.8. The Balaban J connectivity index is 1.58. The number of nitrogen functional groups attached to an aromatic ring is 1. The number of nitrogens with zero attached hydrogens (tertiary/aromatic N) is 2. The second-order valence-electron chi connectivity index (χ2n) is 11.7. The van der Waals surface area contributed by atoms with Gasteiger partial charge < -0.3 is 20.5 Å². The molecule has 1 amide bonds. The number of fused-ring (bicyclic) bond motifs is 1. The van der Waals surface area contributed by atoms with E-state index in [1.807, 2.05) is 30.3 Å². The van der Waals surface area contributed by atoms with E-state index in [0.29, 0.717) is 23.8 Å². The van der Waals surface area contributed by atoms with Crippen molar-refractivity contribution in [1.29, 1.82) is 0 Å². The van der Waals surface area contributed by atoms with Gasteiger partial charge in [-0.05, 0) is 90.8 Å². The van der Waals surface area contributed by atoms with Gasteiger partial charge in [-0.3, -0.25) is 19.8 Å². The van der Waals surface area contributed by atoms with Crippen molar-refractivity contribution in [3.8, 4) is 0 Å². The number of aromatic nitrogens is 2. The number of esters is 2. The summed E-state index contributed by atoms with van der Waals surface area (Å²) in [5, 5.41) is 4.11. The molecule has 0 bridgehead atoms. The highest BCUT2D eigenvalue weighted by Crippen LogP contribution is 2.22. The van der Waals surface area contributed by atoms with Gasteiger partial charge in [0.25, 0.3) is 5.91 Å². The van der Waals surface area contributed by atoms with Crippen molar-refractivity contribution < 1.29 is 23.9 Å². The van der Waals surface area contributed by atoms with Gasteiger partial charge in [-0.1, -0.05) is 12.1 Å². The molecule has 0 aliphatic carbocycles. The lowest BCUT2D eigenvalue weighted by atomic mass is 10.1. The molecule has 2 aromatic carbocycles. The van der Waals surface area contributed by atoms with Crippen LogP contribution in [0.2, 0.25) is 0 Å². The summed E-state index contributed by atoms with van der Waals surface area (Å²) in [6.45, 7) is 12.9.